The molecule has 4 aromatic carbocycles. The van der Waals surface area contributed by atoms with Crippen LogP contribution >= 0.6 is 0 Å². The monoisotopic (exact) mass is 398 g/mol. The first-order valence-corrected chi connectivity index (χ1v) is 9.18. The number of rotatable bonds is 5. The standard InChI is InChI=1S/C25H18O5/c1-15(25(28)29)16-4-10-21(11-5-16)30-24-22(17-2-7-19(26)8-3-17)12-6-18-14-20(27)9-13-23(18)24/h2-14,26-27H,1H2,(H,28,29). The highest BCUT2D eigenvalue weighted by Crippen LogP contribution is 2.41. The van der Waals surface area contributed by atoms with Gasteiger partial charge in [0.2, 0.25) is 0 Å². The molecule has 4 aromatic rings. The fourth-order valence-corrected chi connectivity index (χ4v) is 3.23. The van der Waals surface area contributed by atoms with Crippen LogP contribution in [-0.2, 0) is 4.79 Å². The summed E-state index contributed by atoms with van der Waals surface area (Å²) in [6.07, 6.45) is 0. The number of phenols is 2. The molecular weight excluding hydrogens is 380 g/mol. The van der Waals surface area contributed by atoms with Gasteiger partial charge in [-0.2, -0.15) is 0 Å². The number of phenolic OH excluding ortho intramolecular Hbond substituents is 2. The van der Waals surface area contributed by atoms with Crippen LogP contribution in [0.15, 0.2) is 85.4 Å². The number of aromatic hydroxyl groups is 2. The van der Waals surface area contributed by atoms with E-state index in [0.717, 1.165) is 21.9 Å². The van der Waals surface area contributed by atoms with Gasteiger partial charge < -0.3 is 20.1 Å². The molecule has 0 spiro atoms. The maximum atomic E-state index is 11.1. The summed E-state index contributed by atoms with van der Waals surface area (Å²) >= 11 is 0. The lowest BCUT2D eigenvalue weighted by Crippen LogP contribution is -1.97. The van der Waals surface area contributed by atoms with Gasteiger partial charge in [-0.05, 0) is 65.0 Å². The van der Waals surface area contributed by atoms with E-state index in [0.29, 0.717) is 17.1 Å². The summed E-state index contributed by atoms with van der Waals surface area (Å²) < 4.78 is 6.22. The predicted octanol–water partition coefficient (Wildman–Crippen LogP) is 5.81. The summed E-state index contributed by atoms with van der Waals surface area (Å²) in [4.78, 5) is 11.1. The van der Waals surface area contributed by atoms with Gasteiger partial charge >= 0.3 is 5.97 Å². The highest BCUT2D eigenvalue weighted by molar-refractivity contribution is 6.14. The van der Waals surface area contributed by atoms with Crippen LogP contribution in [-0.4, -0.2) is 21.3 Å². The van der Waals surface area contributed by atoms with Crippen molar-refractivity contribution in [2.45, 2.75) is 0 Å². The number of carbonyl (C=O) groups is 1. The summed E-state index contributed by atoms with van der Waals surface area (Å²) in [5.41, 5.74) is 2.17. The van der Waals surface area contributed by atoms with E-state index in [2.05, 4.69) is 6.58 Å². The maximum absolute atomic E-state index is 11.1. The van der Waals surface area contributed by atoms with Crippen LogP contribution in [0.5, 0.6) is 23.0 Å². The van der Waals surface area contributed by atoms with Crippen molar-refractivity contribution in [3.05, 3.63) is 91.0 Å². The number of carboxylic acid groups (broad SMARTS) is 1. The molecule has 0 amide bonds. The van der Waals surface area contributed by atoms with Crippen LogP contribution in [0.4, 0.5) is 0 Å². The normalized spacial score (nSPS) is 10.7. The van der Waals surface area contributed by atoms with E-state index in [1.807, 2.05) is 12.1 Å². The lowest BCUT2D eigenvalue weighted by atomic mass is 9.99. The highest BCUT2D eigenvalue weighted by Gasteiger charge is 2.14. The smallest absolute Gasteiger partial charge is 0.335 e. The van der Waals surface area contributed by atoms with Gasteiger partial charge in [-0.25, -0.2) is 4.79 Å². The van der Waals surface area contributed by atoms with E-state index in [1.165, 1.54) is 0 Å². The zero-order chi connectivity index (χ0) is 21.3. The molecule has 0 aliphatic heterocycles. The fourth-order valence-electron chi connectivity index (χ4n) is 3.23. The Morgan fingerprint density at radius 3 is 2.13 bits per heavy atom. The lowest BCUT2D eigenvalue weighted by molar-refractivity contribution is -0.130. The number of fused-ring (bicyclic) bond motifs is 1. The number of benzene rings is 4. The number of hydrogen-bond acceptors (Lipinski definition) is 4. The maximum Gasteiger partial charge on any atom is 0.335 e. The highest BCUT2D eigenvalue weighted by atomic mass is 16.5. The Hall–Kier alpha value is -4.25. The second-order valence-corrected chi connectivity index (χ2v) is 6.80. The Labute approximate surface area is 172 Å². The number of carboxylic acids is 1. The van der Waals surface area contributed by atoms with Gasteiger partial charge in [0.15, 0.2) is 0 Å². The zero-order valence-corrected chi connectivity index (χ0v) is 15.9. The minimum absolute atomic E-state index is 0.00645. The molecular formula is C25H18O5. The molecule has 4 rings (SSSR count). The molecule has 0 saturated carbocycles. The van der Waals surface area contributed by atoms with Gasteiger partial charge in [0.25, 0.3) is 0 Å². The van der Waals surface area contributed by atoms with Crippen molar-refractivity contribution in [1.82, 2.24) is 0 Å². The largest absolute Gasteiger partial charge is 0.508 e. The van der Waals surface area contributed by atoms with Gasteiger partial charge in [-0.3, -0.25) is 0 Å². The van der Waals surface area contributed by atoms with Gasteiger partial charge in [-0.1, -0.05) is 36.9 Å². The topological polar surface area (TPSA) is 87.0 Å². The van der Waals surface area contributed by atoms with E-state index < -0.39 is 5.97 Å². The average Bonchev–Trinajstić information content (AvgIpc) is 2.74. The van der Waals surface area contributed by atoms with Gasteiger partial charge in [0.05, 0.1) is 5.57 Å². The lowest BCUT2D eigenvalue weighted by Gasteiger charge is -2.15. The van der Waals surface area contributed by atoms with Crippen molar-refractivity contribution in [2.24, 2.45) is 0 Å². The Morgan fingerprint density at radius 1 is 0.800 bits per heavy atom. The summed E-state index contributed by atoms with van der Waals surface area (Å²) in [7, 11) is 0. The van der Waals surface area contributed by atoms with Gasteiger partial charge in [0, 0.05) is 10.9 Å². The Morgan fingerprint density at radius 2 is 1.47 bits per heavy atom. The van der Waals surface area contributed by atoms with Gasteiger partial charge in [-0.15, -0.1) is 0 Å². The van der Waals surface area contributed by atoms with Crippen molar-refractivity contribution in [3.63, 3.8) is 0 Å². The first-order valence-electron chi connectivity index (χ1n) is 9.18. The van der Waals surface area contributed by atoms with E-state index >= 15 is 0 Å². The quantitative estimate of drug-likeness (QED) is 0.369. The minimum Gasteiger partial charge on any atom is -0.508 e. The Kier molecular flexibility index (Phi) is 4.86. The minimum atomic E-state index is -1.08. The van der Waals surface area contributed by atoms with E-state index in [4.69, 9.17) is 9.84 Å². The van der Waals surface area contributed by atoms with Crippen LogP contribution in [0.25, 0.3) is 27.5 Å². The van der Waals surface area contributed by atoms with E-state index in [-0.39, 0.29) is 17.1 Å². The predicted molar refractivity (Wildman–Crippen MR) is 116 cm³/mol. The second kappa shape index (κ2) is 7.64. The third kappa shape index (κ3) is 3.69. The van der Waals surface area contributed by atoms with Gasteiger partial charge in [0.1, 0.15) is 23.0 Å². The Balaban J connectivity index is 1.81. The number of hydrogen-bond donors (Lipinski definition) is 3. The Bertz CT molecular complexity index is 1260. The molecule has 5 heteroatoms. The molecule has 30 heavy (non-hydrogen) atoms. The fraction of sp³-hybridized carbons (Fsp3) is 0. The van der Waals surface area contributed by atoms with Crippen LogP contribution in [0.1, 0.15) is 5.56 Å². The van der Waals surface area contributed by atoms with Crippen molar-refractivity contribution in [1.29, 1.82) is 0 Å². The van der Waals surface area contributed by atoms with Crippen molar-refractivity contribution < 1.29 is 24.9 Å². The molecule has 0 fully saturated rings. The van der Waals surface area contributed by atoms with Crippen LogP contribution in [0.3, 0.4) is 0 Å². The van der Waals surface area contributed by atoms with Crippen molar-refractivity contribution >= 4 is 22.3 Å². The van der Waals surface area contributed by atoms with Crippen LogP contribution in [0.2, 0.25) is 0 Å². The molecule has 0 heterocycles. The first-order chi connectivity index (χ1) is 14.4. The molecule has 0 aromatic heterocycles. The molecule has 0 bridgehead atoms. The molecule has 0 radical (unpaired) electrons. The third-order valence-corrected chi connectivity index (χ3v) is 4.81. The first kappa shape index (κ1) is 19.1. The summed E-state index contributed by atoms with van der Waals surface area (Å²) in [5, 5.41) is 30.1. The van der Waals surface area contributed by atoms with Crippen LogP contribution in [0, 0.1) is 0 Å². The molecule has 148 valence electrons. The van der Waals surface area contributed by atoms with E-state index in [9.17, 15) is 15.0 Å². The van der Waals surface area contributed by atoms with Crippen molar-refractivity contribution in [3.8, 4) is 34.1 Å². The molecule has 0 aliphatic rings. The summed E-state index contributed by atoms with van der Waals surface area (Å²) in [5.74, 6) is 0.358. The van der Waals surface area contributed by atoms with Crippen molar-refractivity contribution in [2.75, 3.05) is 0 Å². The van der Waals surface area contributed by atoms with E-state index in [1.54, 1.807) is 66.7 Å². The molecule has 0 unspecified atom stereocenters. The molecule has 3 N–H and O–H groups in total. The zero-order valence-electron chi connectivity index (χ0n) is 15.9. The van der Waals surface area contributed by atoms with Crippen LogP contribution < -0.4 is 4.74 Å². The number of aliphatic carboxylic acids is 1. The number of ether oxygens (including phenoxy) is 1. The average molecular weight is 398 g/mol. The summed E-state index contributed by atoms with van der Waals surface area (Å²) in [6, 6.07) is 22.3. The molecule has 0 saturated heterocycles. The molecule has 5 nitrogen and oxygen atoms in total. The molecule has 0 aliphatic carbocycles. The summed E-state index contributed by atoms with van der Waals surface area (Å²) in [6.45, 7) is 3.56. The molecule has 0 atom stereocenters. The SMILES string of the molecule is C=C(C(=O)O)c1ccc(Oc2c(-c3ccc(O)cc3)ccc3cc(O)ccc23)cc1. The third-order valence-electron chi connectivity index (χ3n) is 4.81. The second-order valence-electron chi connectivity index (χ2n) is 6.80.